The lowest BCUT2D eigenvalue weighted by atomic mass is 10.2. The first-order valence-electron chi connectivity index (χ1n) is 7.63. The molecule has 2 heterocycles. The maximum Gasteiger partial charge on any atom is 0.323 e. The number of likely N-dealkylation sites (tertiary alicyclic amines) is 1. The van der Waals surface area contributed by atoms with E-state index in [-0.39, 0.29) is 12.0 Å². The van der Waals surface area contributed by atoms with E-state index in [4.69, 9.17) is 4.74 Å². The van der Waals surface area contributed by atoms with Gasteiger partial charge in [-0.3, -0.25) is 14.4 Å². The number of aromatic nitrogens is 2. The van der Waals surface area contributed by atoms with Gasteiger partial charge in [0.25, 0.3) is 0 Å². The van der Waals surface area contributed by atoms with Crippen molar-refractivity contribution in [2.75, 3.05) is 13.7 Å². The molecule has 2 atom stereocenters. The van der Waals surface area contributed by atoms with Gasteiger partial charge in [0.2, 0.25) is 0 Å². The van der Waals surface area contributed by atoms with Crippen LogP contribution in [0.5, 0.6) is 0 Å². The van der Waals surface area contributed by atoms with E-state index in [2.05, 4.69) is 18.9 Å². The highest BCUT2D eigenvalue weighted by atomic mass is 16.5. The number of ether oxygens (including phenoxy) is 1. The Hall–Kier alpha value is -1.40. The highest BCUT2D eigenvalue weighted by Crippen LogP contribution is 2.22. The minimum Gasteiger partial charge on any atom is -0.468 e. The molecular weight excluding hydrogens is 270 g/mol. The lowest BCUT2D eigenvalue weighted by Crippen LogP contribution is -2.36. The molecule has 1 aliphatic heterocycles. The second kappa shape index (κ2) is 7.04. The highest BCUT2D eigenvalue weighted by molar-refractivity contribution is 5.76. The Bertz CT molecular complexity index is 470. The van der Waals surface area contributed by atoms with Crippen LogP contribution in [-0.2, 0) is 16.1 Å². The van der Waals surface area contributed by atoms with Crippen molar-refractivity contribution >= 4 is 5.97 Å². The number of methoxy groups -OCH3 is 1. The fourth-order valence-electron chi connectivity index (χ4n) is 2.97. The van der Waals surface area contributed by atoms with E-state index >= 15 is 0 Å². The van der Waals surface area contributed by atoms with Crippen molar-refractivity contribution in [1.29, 1.82) is 0 Å². The third-order valence-corrected chi connectivity index (χ3v) is 4.20. The Morgan fingerprint density at radius 3 is 2.86 bits per heavy atom. The van der Waals surface area contributed by atoms with Gasteiger partial charge in [0, 0.05) is 25.7 Å². The van der Waals surface area contributed by atoms with Crippen molar-refractivity contribution in [2.24, 2.45) is 0 Å². The van der Waals surface area contributed by atoms with Crippen LogP contribution < -0.4 is 0 Å². The summed E-state index contributed by atoms with van der Waals surface area (Å²) in [7, 11) is 1.38. The van der Waals surface area contributed by atoms with Crippen LogP contribution in [0.25, 0.3) is 0 Å². The van der Waals surface area contributed by atoms with Crippen LogP contribution in [0.15, 0.2) is 12.3 Å². The number of β-amino-alcohol motifs (C(OH)–C–C–N with tert-alkyl or cyclic N) is 1. The Morgan fingerprint density at radius 1 is 1.52 bits per heavy atom. The molecule has 2 unspecified atom stereocenters. The fourth-order valence-corrected chi connectivity index (χ4v) is 2.97. The van der Waals surface area contributed by atoms with Gasteiger partial charge in [0.15, 0.2) is 0 Å². The van der Waals surface area contributed by atoms with Crippen molar-refractivity contribution in [3.63, 3.8) is 0 Å². The van der Waals surface area contributed by atoms with Crippen LogP contribution in [0.4, 0.5) is 0 Å². The SMILES string of the molecule is CCC(CC)n1ccc(CN2CC(O)CC2C(=O)OC)n1. The first-order valence-corrected chi connectivity index (χ1v) is 7.63. The van der Waals surface area contributed by atoms with Crippen molar-refractivity contribution < 1.29 is 14.6 Å². The van der Waals surface area contributed by atoms with Crippen LogP contribution in [0.2, 0.25) is 0 Å². The molecule has 0 spiro atoms. The predicted octanol–water partition coefficient (Wildman–Crippen LogP) is 1.35. The van der Waals surface area contributed by atoms with E-state index in [1.54, 1.807) is 0 Å². The average molecular weight is 295 g/mol. The Morgan fingerprint density at radius 2 is 2.24 bits per heavy atom. The number of carbonyl (C=O) groups is 1. The van der Waals surface area contributed by atoms with Gasteiger partial charge < -0.3 is 9.84 Å². The molecule has 1 aromatic heterocycles. The normalized spacial score (nSPS) is 22.9. The molecule has 1 aliphatic rings. The molecule has 6 nitrogen and oxygen atoms in total. The Balaban J connectivity index is 2.05. The largest absolute Gasteiger partial charge is 0.468 e. The fraction of sp³-hybridized carbons (Fsp3) is 0.733. The van der Waals surface area contributed by atoms with Gasteiger partial charge >= 0.3 is 5.97 Å². The van der Waals surface area contributed by atoms with E-state index in [0.29, 0.717) is 25.6 Å². The molecule has 1 fully saturated rings. The molecule has 0 radical (unpaired) electrons. The average Bonchev–Trinajstić information content (AvgIpc) is 3.07. The van der Waals surface area contributed by atoms with Crippen LogP contribution in [0.3, 0.4) is 0 Å². The molecule has 0 bridgehead atoms. The van der Waals surface area contributed by atoms with Gasteiger partial charge in [-0.1, -0.05) is 13.8 Å². The standard InChI is InChI=1S/C15H25N3O3/c1-4-12(5-2)18-7-6-11(16-18)9-17-10-13(19)8-14(17)15(20)21-3/h6-7,12-14,19H,4-5,8-10H2,1-3H3. The summed E-state index contributed by atoms with van der Waals surface area (Å²) in [5.74, 6) is -0.286. The number of nitrogens with zero attached hydrogens (tertiary/aromatic N) is 3. The minimum atomic E-state index is -0.477. The number of rotatable bonds is 6. The first-order chi connectivity index (χ1) is 10.1. The van der Waals surface area contributed by atoms with E-state index in [1.165, 1.54) is 7.11 Å². The van der Waals surface area contributed by atoms with E-state index in [9.17, 15) is 9.90 Å². The number of hydrogen-bond acceptors (Lipinski definition) is 5. The predicted molar refractivity (Wildman–Crippen MR) is 78.7 cm³/mol. The first kappa shape index (κ1) is 16.0. The van der Waals surface area contributed by atoms with Crippen molar-refractivity contribution in [1.82, 2.24) is 14.7 Å². The summed E-state index contributed by atoms with van der Waals surface area (Å²) in [6, 6.07) is 2.03. The number of aliphatic hydroxyl groups is 1. The minimum absolute atomic E-state index is 0.286. The smallest absolute Gasteiger partial charge is 0.323 e. The van der Waals surface area contributed by atoms with E-state index in [0.717, 1.165) is 18.5 Å². The van der Waals surface area contributed by atoms with Gasteiger partial charge in [0.05, 0.1) is 24.9 Å². The molecule has 0 saturated carbocycles. The van der Waals surface area contributed by atoms with Crippen molar-refractivity contribution in [3.05, 3.63) is 18.0 Å². The van der Waals surface area contributed by atoms with Gasteiger partial charge in [-0.15, -0.1) is 0 Å². The highest BCUT2D eigenvalue weighted by Gasteiger charge is 2.36. The second-order valence-electron chi connectivity index (χ2n) is 5.62. The zero-order chi connectivity index (χ0) is 15.4. The molecule has 2 rings (SSSR count). The van der Waals surface area contributed by atoms with Crippen LogP contribution in [-0.4, -0.2) is 51.6 Å². The van der Waals surface area contributed by atoms with E-state index in [1.807, 2.05) is 21.8 Å². The Labute approximate surface area is 125 Å². The van der Waals surface area contributed by atoms with Crippen molar-refractivity contribution in [2.45, 2.75) is 57.8 Å². The van der Waals surface area contributed by atoms with Crippen LogP contribution >= 0.6 is 0 Å². The summed E-state index contributed by atoms with van der Waals surface area (Å²) in [5, 5.41) is 14.4. The molecule has 6 heteroatoms. The molecular formula is C15H25N3O3. The van der Waals surface area contributed by atoms with Crippen LogP contribution in [0.1, 0.15) is 44.8 Å². The summed E-state index contributed by atoms with van der Waals surface area (Å²) in [4.78, 5) is 13.7. The molecule has 0 aliphatic carbocycles. The lowest BCUT2D eigenvalue weighted by Gasteiger charge is -2.20. The van der Waals surface area contributed by atoms with Gasteiger partial charge in [-0.2, -0.15) is 5.10 Å². The summed E-state index contributed by atoms with van der Waals surface area (Å²) < 4.78 is 6.81. The maximum atomic E-state index is 11.8. The number of carbonyl (C=O) groups excluding carboxylic acids is 1. The molecule has 1 aromatic rings. The summed E-state index contributed by atoms with van der Waals surface area (Å²) in [6.07, 6.45) is 4.04. The lowest BCUT2D eigenvalue weighted by molar-refractivity contribution is -0.146. The molecule has 0 aromatic carbocycles. The quantitative estimate of drug-likeness (QED) is 0.802. The monoisotopic (exact) mass is 295 g/mol. The zero-order valence-corrected chi connectivity index (χ0v) is 13.0. The van der Waals surface area contributed by atoms with Gasteiger partial charge in [-0.25, -0.2) is 0 Å². The number of esters is 1. The maximum absolute atomic E-state index is 11.8. The molecule has 1 N–H and O–H groups in total. The Kier molecular flexibility index (Phi) is 5.36. The van der Waals surface area contributed by atoms with Crippen molar-refractivity contribution in [3.8, 4) is 0 Å². The topological polar surface area (TPSA) is 67.6 Å². The third kappa shape index (κ3) is 3.63. The molecule has 21 heavy (non-hydrogen) atoms. The zero-order valence-electron chi connectivity index (χ0n) is 13.0. The molecule has 118 valence electrons. The molecule has 0 amide bonds. The third-order valence-electron chi connectivity index (χ3n) is 4.20. The molecule has 1 saturated heterocycles. The van der Waals surface area contributed by atoms with E-state index < -0.39 is 6.10 Å². The van der Waals surface area contributed by atoms with Gasteiger partial charge in [0.1, 0.15) is 6.04 Å². The summed E-state index contributed by atoms with van der Waals surface area (Å²) >= 11 is 0. The summed E-state index contributed by atoms with van der Waals surface area (Å²) in [6.45, 7) is 5.35. The summed E-state index contributed by atoms with van der Waals surface area (Å²) in [5.41, 5.74) is 0.921. The second-order valence-corrected chi connectivity index (χ2v) is 5.62. The number of aliphatic hydroxyl groups excluding tert-OH is 1. The van der Waals surface area contributed by atoms with Gasteiger partial charge in [-0.05, 0) is 18.9 Å². The van der Waals surface area contributed by atoms with Crippen LogP contribution in [0, 0.1) is 0 Å². The number of hydrogen-bond donors (Lipinski definition) is 1.